The molecule has 0 fully saturated rings. The topological polar surface area (TPSA) is 167 Å². The summed E-state index contributed by atoms with van der Waals surface area (Å²) in [6.07, 6.45) is 3.37. The van der Waals surface area contributed by atoms with E-state index in [4.69, 9.17) is 5.11 Å². The molecule has 0 bridgehead atoms. The summed E-state index contributed by atoms with van der Waals surface area (Å²) in [5.41, 5.74) is 0.0700. The number of rotatable bonds is 4. The number of fused-ring (bicyclic) bond motifs is 1. The molecule has 0 radical (unpaired) electrons. The molecule has 3 aromatic heterocycles. The Morgan fingerprint density at radius 1 is 1.29 bits per heavy atom. The maximum atomic E-state index is 12.2. The van der Waals surface area contributed by atoms with Gasteiger partial charge in [0.1, 0.15) is 17.4 Å². The van der Waals surface area contributed by atoms with Gasteiger partial charge < -0.3 is 10.1 Å². The van der Waals surface area contributed by atoms with Crippen LogP contribution in [0.2, 0.25) is 0 Å². The molecular weight excluding hydrogens is 302 g/mol. The van der Waals surface area contributed by atoms with E-state index in [0.717, 1.165) is 12.5 Å². The molecule has 0 amide bonds. The summed E-state index contributed by atoms with van der Waals surface area (Å²) < 4.78 is 26.6. The normalized spacial score (nSPS) is 11.6. The molecule has 0 saturated carbocycles. The van der Waals surface area contributed by atoms with Crippen molar-refractivity contribution in [2.45, 2.75) is 5.03 Å². The molecule has 0 aliphatic rings. The smallest absolute Gasteiger partial charge is 0.340 e. The van der Waals surface area contributed by atoms with Crippen LogP contribution in [-0.2, 0) is 10.0 Å². The van der Waals surface area contributed by atoms with Gasteiger partial charge in [-0.15, -0.1) is 0 Å². The highest BCUT2D eigenvalue weighted by Gasteiger charge is 2.26. The third-order valence-electron chi connectivity index (χ3n) is 2.56. The molecule has 21 heavy (non-hydrogen) atoms. The van der Waals surface area contributed by atoms with E-state index in [2.05, 4.69) is 34.9 Å². The first-order valence-corrected chi connectivity index (χ1v) is 6.91. The van der Waals surface area contributed by atoms with E-state index < -0.39 is 26.6 Å². The molecule has 0 aliphatic carbocycles. The van der Waals surface area contributed by atoms with Gasteiger partial charge in [0, 0.05) is 0 Å². The Labute approximate surface area is 116 Å². The second-order valence-electron chi connectivity index (χ2n) is 3.85. The van der Waals surface area contributed by atoms with Gasteiger partial charge in [-0.05, 0) is 0 Å². The molecule has 0 atom stereocenters. The van der Waals surface area contributed by atoms with E-state index in [0.29, 0.717) is 0 Å². The van der Waals surface area contributed by atoms with Gasteiger partial charge in [-0.25, -0.2) is 19.7 Å². The van der Waals surface area contributed by atoms with Crippen molar-refractivity contribution in [1.29, 1.82) is 0 Å². The number of carbonyl (C=O) groups is 1. The largest absolute Gasteiger partial charge is 0.478 e. The maximum absolute atomic E-state index is 12.2. The van der Waals surface area contributed by atoms with E-state index >= 15 is 0 Å². The van der Waals surface area contributed by atoms with Gasteiger partial charge >= 0.3 is 5.97 Å². The Kier molecular flexibility index (Phi) is 2.79. The number of hydrogen-bond acceptors (Lipinski definition) is 7. The standard InChI is InChI=1S/C9H7N7O4S/c17-9(18)4-1-14-15-8(4)21(19,20)16-7-5-6(11-2-10-5)12-3-13-7/h1-3H,(H,14,15)(H,17,18)(H2,10,11,12,13,16). The van der Waals surface area contributed by atoms with E-state index in [-0.39, 0.29) is 17.0 Å². The third kappa shape index (κ3) is 2.16. The second kappa shape index (κ2) is 4.52. The molecule has 3 heterocycles. The zero-order valence-electron chi connectivity index (χ0n) is 10.1. The van der Waals surface area contributed by atoms with Gasteiger partial charge in [0.25, 0.3) is 10.0 Å². The number of aromatic nitrogens is 6. The lowest BCUT2D eigenvalue weighted by atomic mass is 10.4. The van der Waals surface area contributed by atoms with Crippen molar-refractivity contribution in [3.8, 4) is 0 Å². The summed E-state index contributed by atoms with van der Waals surface area (Å²) in [5.74, 6) is -1.47. The quantitative estimate of drug-likeness (QED) is 0.503. The van der Waals surface area contributed by atoms with Crippen LogP contribution < -0.4 is 4.72 Å². The van der Waals surface area contributed by atoms with E-state index in [1.807, 2.05) is 0 Å². The monoisotopic (exact) mass is 309 g/mol. The van der Waals surface area contributed by atoms with Gasteiger partial charge in [-0.2, -0.15) is 13.5 Å². The number of carboxylic acid groups (broad SMARTS) is 1. The lowest BCUT2D eigenvalue weighted by Crippen LogP contribution is -2.17. The van der Waals surface area contributed by atoms with Crippen LogP contribution in [0.25, 0.3) is 11.2 Å². The fourth-order valence-corrected chi connectivity index (χ4v) is 2.77. The highest BCUT2D eigenvalue weighted by molar-refractivity contribution is 7.92. The van der Waals surface area contributed by atoms with Gasteiger partial charge in [0.05, 0.1) is 12.5 Å². The fraction of sp³-hybridized carbons (Fsp3) is 0. The summed E-state index contributed by atoms with van der Waals surface area (Å²) in [7, 11) is -4.20. The average Bonchev–Trinajstić information content (AvgIpc) is 3.08. The first-order chi connectivity index (χ1) is 9.99. The minimum Gasteiger partial charge on any atom is -0.478 e. The zero-order valence-corrected chi connectivity index (χ0v) is 10.9. The lowest BCUT2D eigenvalue weighted by Gasteiger charge is -2.06. The van der Waals surface area contributed by atoms with Crippen molar-refractivity contribution < 1.29 is 18.3 Å². The van der Waals surface area contributed by atoms with Crippen LogP contribution in [0.3, 0.4) is 0 Å². The highest BCUT2D eigenvalue weighted by Crippen LogP contribution is 2.20. The number of sulfonamides is 1. The predicted molar refractivity (Wildman–Crippen MR) is 68.0 cm³/mol. The Hall–Kier alpha value is -3.02. The van der Waals surface area contributed by atoms with Gasteiger partial charge in [-0.1, -0.05) is 0 Å². The van der Waals surface area contributed by atoms with Gasteiger partial charge in [0.15, 0.2) is 16.5 Å². The van der Waals surface area contributed by atoms with Crippen LogP contribution in [0.1, 0.15) is 10.4 Å². The molecule has 11 nitrogen and oxygen atoms in total. The lowest BCUT2D eigenvalue weighted by molar-refractivity contribution is 0.0692. The van der Waals surface area contributed by atoms with E-state index in [9.17, 15) is 13.2 Å². The van der Waals surface area contributed by atoms with Crippen molar-refractivity contribution in [1.82, 2.24) is 30.1 Å². The number of nitrogens with zero attached hydrogens (tertiary/aromatic N) is 4. The third-order valence-corrected chi connectivity index (χ3v) is 3.87. The SMILES string of the molecule is O=C(O)c1cn[nH]c1S(=O)(=O)Nc1ncnc2nc[nH]c12. The number of H-pyrrole nitrogens is 2. The summed E-state index contributed by atoms with van der Waals surface area (Å²) in [5, 5.41) is 13.9. The van der Waals surface area contributed by atoms with Crippen LogP contribution in [-0.4, -0.2) is 49.6 Å². The highest BCUT2D eigenvalue weighted by atomic mass is 32.2. The summed E-state index contributed by atoms with van der Waals surface area (Å²) in [6.45, 7) is 0. The number of imidazole rings is 1. The number of anilines is 1. The minimum atomic E-state index is -4.20. The molecule has 0 unspecified atom stereocenters. The fourth-order valence-electron chi connectivity index (χ4n) is 1.65. The van der Waals surface area contributed by atoms with Crippen LogP contribution in [0.15, 0.2) is 23.9 Å². The molecule has 0 aliphatic heterocycles. The van der Waals surface area contributed by atoms with Crippen molar-refractivity contribution in [2.75, 3.05) is 4.72 Å². The number of hydrogen-bond donors (Lipinski definition) is 4. The first kappa shape index (κ1) is 13.0. The molecule has 0 saturated heterocycles. The number of nitrogens with one attached hydrogen (secondary N) is 3. The van der Waals surface area contributed by atoms with Gasteiger partial charge in [-0.3, -0.25) is 9.82 Å². The van der Waals surface area contributed by atoms with Crippen molar-refractivity contribution in [3.63, 3.8) is 0 Å². The number of aromatic carboxylic acids is 1. The molecule has 3 rings (SSSR count). The molecule has 4 N–H and O–H groups in total. The Morgan fingerprint density at radius 3 is 2.86 bits per heavy atom. The Bertz CT molecular complexity index is 928. The van der Waals surface area contributed by atoms with E-state index in [1.165, 1.54) is 6.33 Å². The van der Waals surface area contributed by atoms with E-state index in [1.54, 1.807) is 0 Å². The molecule has 3 aromatic rings. The zero-order chi connectivity index (χ0) is 15.0. The summed E-state index contributed by atoms with van der Waals surface area (Å²) in [4.78, 5) is 25.1. The van der Waals surface area contributed by atoms with Crippen molar-refractivity contribution in [3.05, 3.63) is 24.4 Å². The Balaban J connectivity index is 2.06. The maximum Gasteiger partial charge on any atom is 0.340 e. The van der Waals surface area contributed by atoms with Crippen LogP contribution in [0.4, 0.5) is 5.82 Å². The average molecular weight is 309 g/mol. The summed E-state index contributed by atoms with van der Waals surface area (Å²) >= 11 is 0. The minimum absolute atomic E-state index is 0.0524. The predicted octanol–water partition coefficient (Wildman–Crippen LogP) is -0.425. The van der Waals surface area contributed by atoms with Crippen LogP contribution >= 0.6 is 0 Å². The summed E-state index contributed by atoms with van der Waals surface area (Å²) in [6, 6.07) is 0. The molecule has 108 valence electrons. The number of aromatic amines is 2. The molecular formula is C9H7N7O4S. The van der Waals surface area contributed by atoms with Crippen LogP contribution in [0, 0.1) is 0 Å². The van der Waals surface area contributed by atoms with Crippen molar-refractivity contribution in [2.24, 2.45) is 0 Å². The first-order valence-electron chi connectivity index (χ1n) is 5.42. The molecule has 0 aromatic carbocycles. The van der Waals surface area contributed by atoms with Crippen LogP contribution in [0.5, 0.6) is 0 Å². The second-order valence-corrected chi connectivity index (χ2v) is 5.47. The van der Waals surface area contributed by atoms with Gasteiger partial charge in [0.2, 0.25) is 0 Å². The molecule has 0 spiro atoms. The van der Waals surface area contributed by atoms with Crippen molar-refractivity contribution >= 4 is 33.0 Å². The Morgan fingerprint density at radius 2 is 2.10 bits per heavy atom. The molecule has 12 heteroatoms. The number of carboxylic acids is 1.